The number of phenolic OH excluding ortho intramolecular Hbond substituents is 1. The normalized spacial score (nSPS) is 12.4. The molecule has 1 amide bonds. The van der Waals surface area contributed by atoms with Gasteiger partial charge in [0, 0.05) is 11.6 Å². The molecule has 2 aromatic rings. The van der Waals surface area contributed by atoms with Crippen LogP contribution in [0.2, 0.25) is 0 Å². The summed E-state index contributed by atoms with van der Waals surface area (Å²) in [6.07, 6.45) is -0.565. The number of phenols is 1. The minimum Gasteiger partial charge on any atom is -0.508 e. The molecule has 2 aromatic carbocycles. The second-order valence-corrected chi connectivity index (χ2v) is 6.74. The van der Waals surface area contributed by atoms with E-state index in [4.69, 9.17) is 4.74 Å². The molecule has 0 radical (unpaired) electrons. The molecule has 1 unspecified atom stereocenters. The van der Waals surface area contributed by atoms with E-state index < -0.39 is 17.5 Å². The van der Waals surface area contributed by atoms with Crippen molar-refractivity contribution < 1.29 is 19.0 Å². The number of amides is 1. The fourth-order valence-electron chi connectivity index (χ4n) is 2.31. The fraction of sp³-hybridized carbons (Fsp3) is 0.316. The van der Waals surface area contributed by atoms with Crippen molar-refractivity contribution in [2.75, 3.05) is 10.6 Å². The van der Waals surface area contributed by atoms with E-state index in [1.807, 2.05) is 6.07 Å². The lowest BCUT2D eigenvalue weighted by atomic mass is 10.1. The van der Waals surface area contributed by atoms with Crippen LogP contribution in [0.5, 0.6) is 5.75 Å². The molecule has 0 saturated heterocycles. The molecule has 0 fully saturated rings. The van der Waals surface area contributed by atoms with Gasteiger partial charge in [0.15, 0.2) is 0 Å². The number of carbonyl (C=O) groups excluding carboxylic acids is 1. The van der Waals surface area contributed by atoms with Gasteiger partial charge in [0.25, 0.3) is 0 Å². The van der Waals surface area contributed by atoms with Crippen LogP contribution in [0, 0.1) is 5.82 Å². The number of para-hydroxylation sites is 2. The van der Waals surface area contributed by atoms with E-state index in [9.17, 15) is 14.3 Å². The van der Waals surface area contributed by atoms with Gasteiger partial charge in [0.05, 0.1) is 17.4 Å². The Kier molecular flexibility index (Phi) is 5.51. The van der Waals surface area contributed by atoms with Crippen molar-refractivity contribution in [1.29, 1.82) is 0 Å². The van der Waals surface area contributed by atoms with Gasteiger partial charge in [-0.2, -0.15) is 0 Å². The summed E-state index contributed by atoms with van der Waals surface area (Å²) in [6.45, 7) is 7.14. The first-order valence-corrected chi connectivity index (χ1v) is 8.00. The lowest BCUT2D eigenvalue weighted by Gasteiger charge is -2.22. The maximum atomic E-state index is 14.0. The van der Waals surface area contributed by atoms with Crippen molar-refractivity contribution in [3.05, 3.63) is 53.8 Å². The highest BCUT2D eigenvalue weighted by atomic mass is 19.1. The first kappa shape index (κ1) is 18.6. The van der Waals surface area contributed by atoms with Crippen LogP contribution in [-0.2, 0) is 4.74 Å². The second kappa shape index (κ2) is 7.42. The monoisotopic (exact) mass is 346 g/mol. The van der Waals surface area contributed by atoms with Crippen molar-refractivity contribution in [3.8, 4) is 5.75 Å². The van der Waals surface area contributed by atoms with Crippen LogP contribution in [0.4, 0.5) is 20.6 Å². The Labute approximate surface area is 146 Å². The van der Waals surface area contributed by atoms with E-state index in [2.05, 4.69) is 10.6 Å². The minimum atomic E-state index is -0.602. The van der Waals surface area contributed by atoms with Crippen LogP contribution < -0.4 is 10.6 Å². The molecule has 0 aliphatic rings. The third-order valence-corrected chi connectivity index (χ3v) is 3.39. The Morgan fingerprint density at radius 1 is 1.16 bits per heavy atom. The number of aromatic hydroxyl groups is 1. The molecule has 2 rings (SSSR count). The van der Waals surface area contributed by atoms with Crippen molar-refractivity contribution >= 4 is 17.5 Å². The SMILES string of the molecule is CC(Nc1ccccc1NC(=O)OC(C)(C)C)c1ccc(O)cc1F. The summed E-state index contributed by atoms with van der Waals surface area (Å²) in [5, 5.41) is 15.2. The second-order valence-electron chi connectivity index (χ2n) is 6.74. The topological polar surface area (TPSA) is 70.6 Å². The van der Waals surface area contributed by atoms with Crippen molar-refractivity contribution in [2.45, 2.75) is 39.3 Å². The highest BCUT2D eigenvalue weighted by Gasteiger charge is 2.18. The molecule has 0 spiro atoms. The van der Waals surface area contributed by atoms with E-state index in [-0.39, 0.29) is 11.8 Å². The summed E-state index contributed by atoms with van der Waals surface area (Å²) in [4.78, 5) is 12.0. The predicted octanol–water partition coefficient (Wildman–Crippen LogP) is 5.05. The van der Waals surface area contributed by atoms with Crippen molar-refractivity contribution in [2.24, 2.45) is 0 Å². The van der Waals surface area contributed by atoms with Gasteiger partial charge in [-0.25, -0.2) is 9.18 Å². The molecular weight excluding hydrogens is 323 g/mol. The van der Waals surface area contributed by atoms with E-state index in [0.29, 0.717) is 16.9 Å². The molecule has 25 heavy (non-hydrogen) atoms. The number of ether oxygens (including phenoxy) is 1. The molecule has 0 saturated carbocycles. The summed E-state index contributed by atoms with van der Waals surface area (Å²) in [6, 6.07) is 10.7. The molecule has 0 aromatic heterocycles. The van der Waals surface area contributed by atoms with Gasteiger partial charge in [-0.1, -0.05) is 18.2 Å². The summed E-state index contributed by atoms with van der Waals surface area (Å²) in [7, 11) is 0. The van der Waals surface area contributed by atoms with Gasteiger partial charge < -0.3 is 15.2 Å². The van der Waals surface area contributed by atoms with Crippen molar-refractivity contribution in [3.63, 3.8) is 0 Å². The standard InChI is InChI=1S/C19H23FN2O3/c1-12(14-10-9-13(23)11-15(14)20)21-16-7-5-6-8-17(16)22-18(24)25-19(2,3)4/h5-12,21,23H,1-4H3,(H,22,24). The number of nitrogens with one attached hydrogen (secondary N) is 2. The van der Waals surface area contributed by atoms with Crippen LogP contribution in [-0.4, -0.2) is 16.8 Å². The van der Waals surface area contributed by atoms with Crippen LogP contribution in [0.15, 0.2) is 42.5 Å². The molecule has 6 heteroatoms. The molecule has 0 aliphatic carbocycles. The third kappa shape index (κ3) is 5.38. The quantitative estimate of drug-likeness (QED) is 0.724. The highest BCUT2D eigenvalue weighted by Crippen LogP contribution is 2.28. The number of rotatable bonds is 4. The third-order valence-electron chi connectivity index (χ3n) is 3.39. The Balaban J connectivity index is 2.16. The molecule has 5 nitrogen and oxygen atoms in total. The largest absolute Gasteiger partial charge is 0.508 e. The Bertz CT molecular complexity index is 757. The zero-order valence-electron chi connectivity index (χ0n) is 14.8. The van der Waals surface area contributed by atoms with Gasteiger partial charge in [-0.05, 0) is 45.9 Å². The van der Waals surface area contributed by atoms with Gasteiger partial charge in [-0.15, -0.1) is 0 Å². The van der Waals surface area contributed by atoms with Gasteiger partial charge >= 0.3 is 6.09 Å². The molecule has 0 aliphatic heterocycles. The number of benzene rings is 2. The maximum absolute atomic E-state index is 14.0. The lowest BCUT2D eigenvalue weighted by Crippen LogP contribution is -2.27. The van der Waals surface area contributed by atoms with Crippen LogP contribution >= 0.6 is 0 Å². The van der Waals surface area contributed by atoms with E-state index in [0.717, 1.165) is 6.07 Å². The predicted molar refractivity (Wildman–Crippen MR) is 96.4 cm³/mol. The van der Waals surface area contributed by atoms with Crippen LogP contribution in [0.1, 0.15) is 39.3 Å². The highest BCUT2D eigenvalue weighted by molar-refractivity contribution is 5.89. The average Bonchev–Trinajstić information content (AvgIpc) is 2.47. The minimum absolute atomic E-state index is 0.125. The zero-order chi connectivity index (χ0) is 18.6. The summed E-state index contributed by atoms with van der Waals surface area (Å²) >= 11 is 0. The van der Waals surface area contributed by atoms with E-state index >= 15 is 0 Å². The maximum Gasteiger partial charge on any atom is 0.412 e. The molecule has 1 atom stereocenters. The molecular formula is C19H23FN2O3. The average molecular weight is 346 g/mol. The van der Waals surface area contributed by atoms with E-state index in [1.165, 1.54) is 12.1 Å². The van der Waals surface area contributed by atoms with Crippen LogP contribution in [0.3, 0.4) is 0 Å². The lowest BCUT2D eigenvalue weighted by molar-refractivity contribution is 0.0636. The summed E-state index contributed by atoms with van der Waals surface area (Å²) < 4.78 is 19.3. The molecule has 3 N–H and O–H groups in total. The van der Waals surface area contributed by atoms with Gasteiger partial charge in [0.2, 0.25) is 0 Å². The Morgan fingerprint density at radius 3 is 2.40 bits per heavy atom. The van der Waals surface area contributed by atoms with Crippen LogP contribution in [0.25, 0.3) is 0 Å². The molecule has 0 bridgehead atoms. The number of hydrogen-bond acceptors (Lipinski definition) is 4. The van der Waals surface area contributed by atoms with Gasteiger partial charge in [0.1, 0.15) is 17.2 Å². The first-order chi connectivity index (χ1) is 11.7. The summed E-state index contributed by atoms with van der Waals surface area (Å²) in [5.74, 6) is -0.627. The smallest absolute Gasteiger partial charge is 0.412 e. The van der Waals surface area contributed by atoms with E-state index in [1.54, 1.807) is 45.9 Å². The number of halogens is 1. The zero-order valence-corrected chi connectivity index (χ0v) is 14.8. The number of anilines is 2. The Morgan fingerprint density at radius 2 is 1.80 bits per heavy atom. The number of carbonyl (C=O) groups is 1. The Hall–Kier alpha value is -2.76. The molecule has 134 valence electrons. The fourth-order valence-corrected chi connectivity index (χ4v) is 2.31. The number of hydrogen-bond donors (Lipinski definition) is 3. The molecule has 0 heterocycles. The first-order valence-electron chi connectivity index (χ1n) is 8.00. The van der Waals surface area contributed by atoms with Crippen molar-refractivity contribution in [1.82, 2.24) is 0 Å². The van der Waals surface area contributed by atoms with Gasteiger partial charge in [-0.3, -0.25) is 5.32 Å². The summed E-state index contributed by atoms with van der Waals surface area (Å²) in [5.41, 5.74) is 0.968.